The maximum absolute atomic E-state index is 12.5. The fourth-order valence-electron chi connectivity index (χ4n) is 2.71. The molecule has 0 bridgehead atoms. The molecule has 0 unspecified atom stereocenters. The first-order valence-electron chi connectivity index (χ1n) is 7.97. The van der Waals surface area contributed by atoms with Gasteiger partial charge < -0.3 is 4.74 Å². The van der Waals surface area contributed by atoms with Gasteiger partial charge in [0.25, 0.3) is 0 Å². The number of aromatic nitrogens is 2. The van der Waals surface area contributed by atoms with E-state index in [0.29, 0.717) is 19.6 Å². The first-order valence-corrected chi connectivity index (χ1v) is 8.79. The molecular weight excluding hydrogens is 310 g/mol. The van der Waals surface area contributed by atoms with Crippen molar-refractivity contribution >= 4 is 17.1 Å². The van der Waals surface area contributed by atoms with Crippen LogP contribution in [0.25, 0.3) is 0 Å². The van der Waals surface area contributed by atoms with Gasteiger partial charge in [-0.3, -0.25) is 9.69 Å². The molecule has 5 nitrogen and oxygen atoms in total. The van der Waals surface area contributed by atoms with Crippen molar-refractivity contribution in [2.45, 2.75) is 32.4 Å². The second-order valence-electron chi connectivity index (χ2n) is 5.64. The highest BCUT2D eigenvalue weighted by Gasteiger charge is 2.26. The van der Waals surface area contributed by atoms with Crippen LogP contribution in [-0.2, 0) is 17.7 Å². The Morgan fingerprint density at radius 2 is 2.09 bits per heavy atom. The average molecular weight is 331 g/mol. The van der Waals surface area contributed by atoms with Gasteiger partial charge in [0.1, 0.15) is 10.0 Å². The minimum atomic E-state index is 0.102. The van der Waals surface area contributed by atoms with E-state index in [0.717, 1.165) is 35.1 Å². The normalized spacial score (nSPS) is 18.9. The van der Waals surface area contributed by atoms with E-state index >= 15 is 0 Å². The summed E-state index contributed by atoms with van der Waals surface area (Å²) in [5.74, 6) is 0.164. The number of carbonyl (C=O) groups excluding carboxylic acids is 1. The Morgan fingerprint density at radius 3 is 2.83 bits per heavy atom. The summed E-state index contributed by atoms with van der Waals surface area (Å²) >= 11 is 1.65. The zero-order chi connectivity index (χ0) is 16.1. The summed E-state index contributed by atoms with van der Waals surface area (Å²) in [5, 5.41) is 10.5. The first-order chi connectivity index (χ1) is 11.3. The second kappa shape index (κ2) is 7.77. The number of rotatable bonds is 6. The number of carbonyl (C=O) groups is 1. The smallest absolute Gasteiger partial charge is 0.164 e. The number of ketones is 1. The molecule has 0 spiro atoms. The minimum absolute atomic E-state index is 0.102. The van der Waals surface area contributed by atoms with Crippen LogP contribution in [0.3, 0.4) is 0 Å². The molecule has 0 amide bonds. The largest absolute Gasteiger partial charge is 0.378 e. The summed E-state index contributed by atoms with van der Waals surface area (Å²) in [5.41, 5.74) is 0.766. The number of ether oxygens (including phenoxy) is 1. The zero-order valence-electron chi connectivity index (χ0n) is 13.3. The number of Topliss-reactive ketones (excluding diaryl/α,β-unsaturated/α-hetero) is 1. The van der Waals surface area contributed by atoms with Crippen LogP contribution in [0.1, 0.15) is 33.7 Å². The number of hydrogen-bond donors (Lipinski definition) is 0. The molecule has 2 heterocycles. The second-order valence-corrected chi connectivity index (χ2v) is 6.78. The molecule has 1 saturated heterocycles. The van der Waals surface area contributed by atoms with Crippen LogP contribution in [0.2, 0.25) is 0 Å². The number of hydrogen-bond acceptors (Lipinski definition) is 6. The lowest BCUT2D eigenvalue weighted by Crippen LogP contribution is -2.45. The van der Waals surface area contributed by atoms with Gasteiger partial charge in [0.05, 0.1) is 19.8 Å². The van der Waals surface area contributed by atoms with E-state index in [1.165, 1.54) is 0 Å². The van der Waals surface area contributed by atoms with E-state index in [1.54, 1.807) is 11.3 Å². The quantitative estimate of drug-likeness (QED) is 0.762. The average Bonchev–Trinajstić information content (AvgIpc) is 3.05. The predicted octanol–water partition coefficient (Wildman–Crippen LogP) is 2.57. The van der Waals surface area contributed by atoms with Gasteiger partial charge in [-0.2, -0.15) is 0 Å². The number of morpholine rings is 1. The molecule has 0 aliphatic carbocycles. The summed E-state index contributed by atoms with van der Waals surface area (Å²) in [6.07, 6.45) is 1.39. The van der Waals surface area contributed by atoms with Crippen LogP contribution in [0.5, 0.6) is 0 Å². The lowest BCUT2D eigenvalue weighted by atomic mass is 10.0. The monoisotopic (exact) mass is 331 g/mol. The van der Waals surface area contributed by atoms with Gasteiger partial charge in [-0.1, -0.05) is 37.3 Å². The molecule has 1 fully saturated rings. The molecule has 0 saturated carbocycles. The van der Waals surface area contributed by atoms with Crippen molar-refractivity contribution in [1.29, 1.82) is 0 Å². The van der Waals surface area contributed by atoms with Crippen molar-refractivity contribution in [3.8, 4) is 0 Å². The Morgan fingerprint density at radius 1 is 1.30 bits per heavy atom. The Balaban J connectivity index is 1.65. The van der Waals surface area contributed by atoms with Gasteiger partial charge in [0.2, 0.25) is 0 Å². The van der Waals surface area contributed by atoms with Gasteiger partial charge in [-0.25, -0.2) is 0 Å². The highest BCUT2D eigenvalue weighted by atomic mass is 32.1. The fraction of sp³-hybridized carbons (Fsp3) is 0.471. The molecule has 1 aliphatic heterocycles. The van der Waals surface area contributed by atoms with E-state index in [-0.39, 0.29) is 11.8 Å². The topological polar surface area (TPSA) is 55.3 Å². The van der Waals surface area contributed by atoms with Crippen molar-refractivity contribution in [1.82, 2.24) is 15.1 Å². The van der Waals surface area contributed by atoms with Crippen LogP contribution >= 0.6 is 11.3 Å². The molecule has 6 heteroatoms. The molecule has 122 valence electrons. The molecule has 1 aliphatic rings. The van der Waals surface area contributed by atoms with Crippen molar-refractivity contribution in [2.24, 2.45) is 0 Å². The minimum Gasteiger partial charge on any atom is -0.378 e. The molecule has 2 aromatic rings. The van der Waals surface area contributed by atoms with Crippen molar-refractivity contribution in [3.05, 3.63) is 45.9 Å². The Labute approximate surface area is 140 Å². The summed E-state index contributed by atoms with van der Waals surface area (Å²) in [6, 6.07) is 9.56. The van der Waals surface area contributed by atoms with Crippen LogP contribution < -0.4 is 0 Å². The first kappa shape index (κ1) is 16.2. The number of benzene rings is 1. The third-order valence-corrected chi connectivity index (χ3v) is 5.07. The van der Waals surface area contributed by atoms with E-state index in [2.05, 4.69) is 22.0 Å². The van der Waals surface area contributed by atoms with Gasteiger partial charge >= 0.3 is 0 Å². The zero-order valence-corrected chi connectivity index (χ0v) is 14.1. The maximum atomic E-state index is 12.5. The summed E-state index contributed by atoms with van der Waals surface area (Å²) in [6.45, 7) is 4.95. The van der Waals surface area contributed by atoms with Crippen molar-refractivity contribution < 1.29 is 9.53 Å². The SMILES string of the molecule is CCc1nnc(CN2CCOC[C@@H]2CC(=O)c2ccccc2)s1. The molecule has 0 N–H and O–H groups in total. The third-order valence-electron chi connectivity index (χ3n) is 4.02. The number of aryl methyl sites for hydroxylation is 1. The van der Waals surface area contributed by atoms with Crippen LogP contribution in [0, 0.1) is 0 Å². The van der Waals surface area contributed by atoms with Crippen molar-refractivity contribution in [2.75, 3.05) is 19.8 Å². The third kappa shape index (κ3) is 4.22. The summed E-state index contributed by atoms with van der Waals surface area (Å²) in [4.78, 5) is 14.7. The fourth-order valence-corrected chi connectivity index (χ4v) is 3.52. The molecule has 3 rings (SSSR count). The summed E-state index contributed by atoms with van der Waals surface area (Å²) < 4.78 is 5.59. The van der Waals surface area contributed by atoms with Gasteiger partial charge in [0.15, 0.2) is 5.78 Å². The highest BCUT2D eigenvalue weighted by Crippen LogP contribution is 2.19. The summed E-state index contributed by atoms with van der Waals surface area (Å²) in [7, 11) is 0. The Kier molecular flexibility index (Phi) is 5.48. The van der Waals surface area contributed by atoms with Crippen LogP contribution in [0.4, 0.5) is 0 Å². The molecular formula is C17H21N3O2S. The Hall–Kier alpha value is -1.63. The van der Waals surface area contributed by atoms with E-state index < -0.39 is 0 Å². The molecule has 1 aromatic heterocycles. The van der Waals surface area contributed by atoms with Gasteiger partial charge in [0, 0.05) is 24.6 Å². The molecule has 0 radical (unpaired) electrons. The van der Waals surface area contributed by atoms with Crippen molar-refractivity contribution in [3.63, 3.8) is 0 Å². The van der Waals surface area contributed by atoms with Gasteiger partial charge in [-0.05, 0) is 6.42 Å². The van der Waals surface area contributed by atoms with Crippen LogP contribution in [-0.4, -0.2) is 46.7 Å². The lowest BCUT2D eigenvalue weighted by Gasteiger charge is -2.34. The van der Waals surface area contributed by atoms with E-state index in [4.69, 9.17) is 4.74 Å². The molecule has 1 atom stereocenters. The van der Waals surface area contributed by atoms with E-state index in [1.807, 2.05) is 30.3 Å². The standard InChI is InChI=1S/C17H21N3O2S/c1-2-16-18-19-17(23-16)11-20-8-9-22-12-14(20)10-15(21)13-6-4-3-5-7-13/h3-7,14H,2,8-12H2,1H3/t14-/m0/s1. The Bertz CT molecular complexity index is 644. The lowest BCUT2D eigenvalue weighted by molar-refractivity contribution is -0.0126. The van der Waals surface area contributed by atoms with E-state index in [9.17, 15) is 4.79 Å². The van der Waals surface area contributed by atoms with Crippen LogP contribution in [0.15, 0.2) is 30.3 Å². The number of nitrogens with zero attached hydrogens (tertiary/aromatic N) is 3. The maximum Gasteiger partial charge on any atom is 0.164 e. The molecule has 23 heavy (non-hydrogen) atoms. The highest BCUT2D eigenvalue weighted by molar-refractivity contribution is 7.11. The predicted molar refractivity (Wildman–Crippen MR) is 89.7 cm³/mol. The molecule has 1 aromatic carbocycles. The van der Waals surface area contributed by atoms with Gasteiger partial charge in [-0.15, -0.1) is 21.5 Å².